The molecule has 0 radical (unpaired) electrons. The number of aryl methyl sites for hydroxylation is 2. The van der Waals surface area contributed by atoms with Crippen LogP contribution in [0.3, 0.4) is 0 Å². The van der Waals surface area contributed by atoms with Crippen molar-refractivity contribution in [2.45, 2.75) is 26.2 Å². The number of benzene rings is 3. The van der Waals surface area contributed by atoms with Crippen LogP contribution < -0.4 is 11.1 Å². The number of ether oxygens (including phenoxy) is 1. The molecule has 31 heavy (non-hydrogen) atoms. The molecule has 0 saturated heterocycles. The minimum absolute atomic E-state index is 0.0746. The van der Waals surface area contributed by atoms with E-state index in [0.717, 1.165) is 16.8 Å². The largest absolute Gasteiger partial charge is 0.449 e. The molecule has 1 aliphatic carbocycles. The van der Waals surface area contributed by atoms with Gasteiger partial charge >= 0.3 is 6.09 Å². The van der Waals surface area contributed by atoms with Gasteiger partial charge in [-0.15, -0.1) is 0 Å². The number of hydrogen-bond donors (Lipinski definition) is 2. The van der Waals surface area contributed by atoms with Gasteiger partial charge in [0.05, 0.1) is 0 Å². The van der Waals surface area contributed by atoms with Gasteiger partial charge in [0.2, 0.25) is 0 Å². The molecule has 3 aromatic carbocycles. The molecule has 4 rings (SSSR count). The van der Waals surface area contributed by atoms with Crippen molar-refractivity contribution in [1.29, 1.82) is 0 Å². The van der Waals surface area contributed by atoms with E-state index >= 15 is 0 Å². The Bertz CT molecular complexity index is 1090. The quantitative estimate of drug-likeness (QED) is 0.396. The van der Waals surface area contributed by atoms with Crippen molar-refractivity contribution in [1.82, 2.24) is 5.32 Å². The van der Waals surface area contributed by atoms with E-state index in [1.807, 2.05) is 43.3 Å². The van der Waals surface area contributed by atoms with E-state index in [1.54, 1.807) is 0 Å². The number of hydrogen-bond acceptors (Lipinski definition) is 3. The first-order valence-corrected chi connectivity index (χ1v) is 10.7. The molecule has 3 aromatic rings. The summed E-state index contributed by atoms with van der Waals surface area (Å²) < 4.78 is 5.56. The minimum atomic E-state index is -0.388. The molecule has 0 aliphatic heterocycles. The summed E-state index contributed by atoms with van der Waals surface area (Å²) in [6.07, 6.45) is 4.35. The molecule has 0 unspecified atom stereocenters. The number of carbonyl (C=O) groups is 1. The van der Waals surface area contributed by atoms with E-state index in [0.29, 0.717) is 19.6 Å². The number of rotatable bonds is 6. The lowest BCUT2D eigenvalue weighted by atomic mass is 9.98. The second-order valence-corrected chi connectivity index (χ2v) is 8.03. The van der Waals surface area contributed by atoms with Crippen LogP contribution in [0.4, 0.5) is 10.5 Å². The van der Waals surface area contributed by atoms with Crippen molar-refractivity contribution >= 4 is 17.9 Å². The van der Waals surface area contributed by atoms with E-state index in [-0.39, 0.29) is 12.0 Å². The van der Waals surface area contributed by atoms with Crippen LogP contribution in [0.15, 0.2) is 66.7 Å². The molecule has 3 N–H and O–H groups in total. The number of anilines is 1. The number of fused-ring (bicyclic) bond motifs is 3. The fraction of sp³-hybridized carbons (Fsp3) is 0.222. The van der Waals surface area contributed by atoms with Crippen molar-refractivity contribution in [3.63, 3.8) is 0 Å². The minimum Gasteiger partial charge on any atom is -0.449 e. The molecule has 4 heteroatoms. The summed E-state index contributed by atoms with van der Waals surface area (Å²) in [7, 11) is 0. The van der Waals surface area contributed by atoms with Gasteiger partial charge in [-0.3, -0.25) is 0 Å². The molecule has 0 spiro atoms. The van der Waals surface area contributed by atoms with Gasteiger partial charge in [-0.05, 0) is 59.7 Å². The van der Waals surface area contributed by atoms with Gasteiger partial charge in [0.25, 0.3) is 0 Å². The van der Waals surface area contributed by atoms with Crippen molar-refractivity contribution in [3.8, 4) is 11.1 Å². The molecule has 1 aliphatic rings. The Kier molecular flexibility index (Phi) is 6.08. The maximum atomic E-state index is 12.2. The average molecular weight is 413 g/mol. The van der Waals surface area contributed by atoms with Gasteiger partial charge in [-0.2, -0.15) is 0 Å². The number of amides is 1. The van der Waals surface area contributed by atoms with E-state index in [1.165, 1.54) is 27.8 Å². The Labute approximate surface area is 183 Å². The van der Waals surface area contributed by atoms with Crippen molar-refractivity contribution < 1.29 is 9.53 Å². The van der Waals surface area contributed by atoms with Gasteiger partial charge in [0, 0.05) is 18.2 Å². The van der Waals surface area contributed by atoms with Crippen LogP contribution in [0, 0.1) is 13.8 Å². The Morgan fingerprint density at radius 1 is 1.03 bits per heavy atom. The van der Waals surface area contributed by atoms with E-state index in [9.17, 15) is 4.79 Å². The fourth-order valence-electron chi connectivity index (χ4n) is 4.27. The zero-order valence-corrected chi connectivity index (χ0v) is 18.0. The summed E-state index contributed by atoms with van der Waals surface area (Å²) in [5, 5.41) is 2.83. The van der Waals surface area contributed by atoms with Gasteiger partial charge in [0.1, 0.15) is 6.61 Å². The molecule has 1 amide bonds. The Morgan fingerprint density at radius 3 is 2.35 bits per heavy atom. The van der Waals surface area contributed by atoms with E-state index in [2.05, 4.69) is 48.6 Å². The average Bonchev–Trinajstić information content (AvgIpc) is 3.09. The van der Waals surface area contributed by atoms with E-state index < -0.39 is 0 Å². The van der Waals surface area contributed by atoms with Crippen LogP contribution >= 0.6 is 0 Å². The number of alkyl carbamates (subject to hydrolysis) is 1. The molecule has 0 fully saturated rings. The highest BCUT2D eigenvalue weighted by molar-refractivity contribution is 5.79. The maximum Gasteiger partial charge on any atom is 0.407 e. The zero-order valence-electron chi connectivity index (χ0n) is 18.0. The summed E-state index contributed by atoms with van der Waals surface area (Å²) in [4.78, 5) is 12.2. The molecular weight excluding hydrogens is 384 g/mol. The molecule has 0 atom stereocenters. The number of nitrogens with two attached hydrogens (primary N) is 1. The smallest absolute Gasteiger partial charge is 0.407 e. The lowest BCUT2D eigenvalue weighted by Gasteiger charge is -2.14. The lowest BCUT2D eigenvalue weighted by molar-refractivity contribution is 0.143. The first kappa shape index (κ1) is 20.7. The summed E-state index contributed by atoms with van der Waals surface area (Å²) in [6, 6.07) is 20.8. The molecule has 158 valence electrons. The fourth-order valence-corrected chi connectivity index (χ4v) is 4.27. The van der Waals surface area contributed by atoms with Gasteiger partial charge in [-0.1, -0.05) is 72.3 Å². The number of nitrogen functional groups attached to an aromatic ring is 1. The van der Waals surface area contributed by atoms with Crippen LogP contribution in [0.5, 0.6) is 0 Å². The third-order valence-corrected chi connectivity index (χ3v) is 5.78. The summed E-state index contributed by atoms with van der Waals surface area (Å²) in [6.45, 7) is 4.91. The van der Waals surface area contributed by atoms with Gasteiger partial charge in [0.15, 0.2) is 0 Å². The van der Waals surface area contributed by atoms with Crippen LogP contribution in [-0.2, 0) is 4.74 Å². The van der Waals surface area contributed by atoms with Crippen molar-refractivity contribution in [2.75, 3.05) is 18.9 Å². The Morgan fingerprint density at radius 2 is 1.68 bits per heavy atom. The number of nitrogens with one attached hydrogen (secondary N) is 1. The predicted molar refractivity (Wildman–Crippen MR) is 127 cm³/mol. The third-order valence-electron chi connectivity index (χ3n) is 5.78. The highest BCUT2D eigenvalue weighted by Crippen LogP contribution is 2.44. The van der Waals surface area contributed by atoms with Crippen LogP contribution in [0.25, 0.3) is 17.2 Å². The molecular formula is C27H28N2O2. The normalized spacial score (nSPS) is 12.6. The van der Waals surface area contributed by atoms with Gasteiger partial charge in [-0.25, -0.2) is 4.79 Å². The summed E-state index contributed by atoms with van der Waals surface area (Å²) >= 11 is 0. The lowest BCUT2D eigenvalue weighted by Crippen LogP contribution is -2.26. The standard InChI is InChI=1S/C27H28N2O2/c1-18-15-19(2)26(28)20(16-18)9-7-8-14-29-27(30)31-17-25-23-12-5-3-10-21(23)22-11-4-6-13-24(22)25/h3-7,9-13,15-16,25H,8,14,17,28H2,1-2H3,(H,29,30). The van der Waals surface area contributed by atoms with Crippen molar-refractivity contribution in [2.24, 2.45) is 0 Å². The second-order valence-electron chi connectivity index (χ2n) is 8.03. The molecule has 0 bridgehead atoms. The molecule has 0 aromatic heterocycles. The summed E-state index contributed by atoms with van der Waals surface area (Å²) in [5.41, 5.74) is 15.1. The van der Waals surface area contributed by atoms with Crippen molar-refractivity contribution in [3.05, 3.63) is 94.6 Å². The highest BCUT2D eigenvalue weighted by atomic mass is 16.5. The predicted octanol–water partition coefficient (Wildman–Crippen LogP) is 5.83. The van der Waals surface area contributed by atoms with Gasteiger partial charge < -0.3 is 15.8 Å². The SMILES string of the molecule is Cc1cc(C)c(N)c(C=CCCNC(=O)OCC2c3ccccc3-c3ccccc32)c1. The summed E-state index contributed by atoms with van der Waals surface area (Å²) in [5.74, 6) is 0.0746. The first-order valence-electron chi connectivity index (χ1n) is 10.7. The molecule has 0 heterocycles. The number of carbonyl (C=O) groups excluding carboxylic acids is 1. The molecule has 4 nitrogen and oxygen atoms in total. The highest BCUT2D eigenvalue weighted by Gasteiger charge is 2.28. The second kappa shape index (κ2) is 9.09. The zero-order chi connectivity index (χ0) is 21.8. The van der Waals surface area contributed by atoms with E-state index in [4.69, 9.17) is 10.5 Å². The Balaban J connectivity index is 1.29. The first-order chi connectivity index (χ1) is 15.0. The van der Waals surface area contributed by atoms with Crippen LogP contribution in [-0.4, -0.2) is 19.2 Å². The Hall–Kier alpha value is -3.53. The monoisotopic (exact) mass is 412 g/mol. The molecule has 0 saturated carbocycles. The topological polar surface area (TPSA) is 64.3 Å². The third kappa shape index (κ3) is 4.48. The van der Waals surface area contributed by atoms with Crippen LogP contribution in [0.1, 0.15) is 40.2 Å². The van der Waals surface area contributed by atoms with Crippen LogP contribution in [0.2, 0.25) is 0 Å². The maximum absolute atomic E-state index is 12.2.